The van der Waals surface area contributed by atoms with Crippen molar-refractivity contribution in [2.45, 2.75) is 17.7 Å². The van der Waals surface area contributed by atoms with Crippen LogP contribution in [0.25, 0.3) is 0 Å². The average Bonchev–Trinajstić information content (AvgIpc) is 2.72. The Balaban J connectivity index is 2.25. The van der Waals surface area contributed by atoms with Crippen molar-refractivity contribution in [2.24, 2.45) is 0 Å². The van der Waals surface area contributed by atoms with Crippen molar-refractivity contribution < 1.29 is 16.8 Å². The van der Waals surface area contributed by atoms with E-state index in [1.54, 1.807) is 6.07 Å². The van der Waals surface area contributed by atoms with Gasteiger partial charge in [0, 0.05) is 24.5 Å². The smallest absolute Gasteiger partial charge is 0.252 e. The van der Waals surface area contributed by atoms with Gasteiger partial charge in [0.2, 0.25) is 0 Å². The van der Waals surface area contributed by atoms with E-state index in [9.17, 15) is 16.8 Å². The van der Waals surface area contributed by atoms with Crippen LogP contribution in [-0.4, -0.2) is 52.8 Å². The number of nitrogens with one attached hydrogen (secondary N) is 1. The highest BCUT2D eigenvalue weighted by Crippen LogP contribution is 2.29. The maximum absolute atomic E-state index is 12.5. The molecule has 0 spiro atoms. The molecule has 0 unspecified atom stereocenters. The summed E-state index contributed by atoms with van der Waals surface area (Å²) in [6, 6.07) is 1.66. The SMILES string of the molecule is CNCc1sc(S(=O)(=O)N2CCS(=O)(=O)CC2)cc1C. The predicted molar refractivity (Wildman–Crippen MR) is 79.2 cm³/mol. The van der Waals surface area contributed by atoms with Gasteiger partial charge >= 0.3 is 0 Å². The van der Waals surface area contributed by atoms with Crippen molar-refractivity contribution in [1.29, 1.82) is 0 Å². The lowest BCUT2D eigenvalue weighted by Crippen LogP contribution is -2.43. The van der Waals surface area contributed by atoms with Crippen molar-refractivity contribution in [3.05, 3.63) is 16.5 Å². The van der Waals surface area contributed by atoms with Crippen LogP contribution in [0.15, 0.2) is 10.3 Å². The molecule has 1 aromatic heterocycles. The Morgan fingerprint density at radius 2 is 1.95 bits per heavy atom. The first-order valence-corrected chi connectivity index (χ1v) is 10.3. The lowest BCUT2D eigenvalue weighted by molar-refractivity contribution is 0.432. The Labute approximate surface area is 123 Å². The van der Waals surface area contributed by atoms with Gasteiger partial charge in [-0.2, -0.15) is 4.31 Å². The van der Waals surface area contributed by atoms with Crippen molar-refractivity contribution in [1.82, 2.24) is 9.62 Å². The largest absolute Gasteiger partial charge is 0.315 e. The summed E-state index contributed by atoms with van der Waals surface area (Å²) >= 11 is 1.24. The number of rotatable bonds is 4. The number of nitrogens with zero attached hydrogens (tertiary/aromatic N) is 1. The molecule has 2 rings (SSSR count). The molecular weight excluding hydrogens is 320 g/mol. The normalized spacial score (nSPS) is 20.1. The second-order valence-electron chi connectivity index (χ2n) is 4.76. The molecule has 0 radical (unpaired) electrons. The predicted octanol–water partition coefficient (Wildman–Crippen LogP) is 0.195. The molecule has 20 heavy (non-hydrogen) atoms. The van der Waals surface area contributed by atoms with E-state index in [2.05, 4.69) is 5.32 Å². The van der Waals surface area contributed by atoms with Crippen LogP contribution in [0.2, 0.25) is 0 Å². The van der Waals surface area contributed by atoms with Gasteiger partial charge < -0.3 is 5.32 Å². The van der Waals surface area contributed by atoms with Gasteiger partial charge in [-0.25, -0.2) is 16.8 Å². The van der Waals surface area contributed by atoms with Gasteiger partial charge in [-0.05, 0) is 25.6 Å². The third-order valence-corrected chi connectivity index (χ3v) is 8.43. The summed E-state index contributed by atoms with van der Waals surface area (Å²) in [5.74, 6) is -0.195. The van der Waals surface area contributed by atoms with Crippen molar-refractivity contribution in [3.8, 4) is 0 Å². The maximum Gasteiger partial charge on any atom is 0.252 e. The van der Waals surface area contributed by atoms with Crippen LogP contribution >= 0.6 is 11.3 Å². The zero-order valence-corrected chi connectivity index (χ0v) is 13.9. The van der Waals surface area contributed by atoms with Crippen LogP contribution in [0.4, 0.5) is 0 Å². The standard InChI is InChI=1S/C11H18N2O4S3/c1-9-7-11(18-10(9)8-12-2)20(16,17)13-3-5-19(14,15)6-4-13/h7,12H,3-6,8H2,1-2H3. The van der Waals surface area contributed by atoms with Crippen LogP contribution in [0.5, 0.6) is 0 Å². The van der Waals surface area contributed by atoms with Gasteiger partial charge in [-0.15, -0.1) is 11.3 Å². The zero-order valence-electron chi connectivity index (χ0n) is 11.4. The van der Waals surface area contributed by atoms with Crippen LogP contribution in [0.1, 0.15) is 10.4 Å². The number of hydrogen-bond donors (Lipinski definition) is 1. The number of sulfonamides is 1. The van der Waals surface area contributed by atoms with Gasteiger partial charge in [0.1, 0.15) is 4.21 Å². The molecule has 9 heteroatoms. The topological polar surface area (TPSA) is 83.6 Å². The molecule has 1 aliphatic heterocycles. The fourth-order valence-corrected chi connectivity index (χ4v) is 6.65. The van der Waals surface area contributed by atoms with Gasteiger partial charge in [0.25, 0.3) is 10.0 Å². The molecule has 0 saturated carbocycles. The number of sulfone groups is 1. The molecule has 0 atom stereocenters. The summed E-state index contributed by atoms with van der Waals surface area (Å²) < 4.78 is 49.3. The molecule has 1 saturated heterocycles. The van der Waals surface area contributed by atoms with E-state index in [1.165, 1.54) is 15.6 Å². The Morgan fingerprint density at radius 1 is 1.35 bits per heavy atom. The summed E-state index contributed by atoms with van der Waals surface area (Å²) in [7, 11) is -4.85. The summed E-state index contributed by atoms with van der Waals surface area (Å²) in [6.45, 7) is 2.59. The highest BCUT2D eigenvalue weighted by atomic mass is 32.2. The van der Waals surface area contributed by atoms with Gasteiger partial charge in [-0.3, -0.25) is 0 Å². The first-order chi connectivity index (χ1) is 9.26. The van der Waals surface area contributed by atoms with Crippen molar-refractivity contribution in [2.75, 3.05) is 31.6 Å². The lowest BCUT2D eigenvalue weighted by Gasteiger charge is -2.25. The first-order valence-electron chi connectivity index (χ1n) is 6.21. The van der Waals surface area contributed by atoms with Crippen LogP contribution < -0.4 is 5.32 Å². The first kappa shape index (κ1) is 15.9. The Bertz CT molecular complexity index is 677. The molecule has 1 N–H and O–H groups in total. The minimum atomic E-state index is -3.57. The monoisotopic (exact) mass is 338 g/mol. The van der Waals surface area contributed by atoms with Crippen LogP contribution in [-0.2, 0) is 26.4 Å². The molecule has 6 nitrogen and oxygen atoms in total. The Kier molecular flexibility index (Phi) is 4.55. The molecule has 0 aliphatic carbocycles. The quantitative estimate of drug-likeness (QED) is 0.848. The van der Waals surface area contributed by atoms with Crippen molar-refractivity contribution in [3.63, 3.8) is 0 Å². The summed E-state index contributed by atoms with van der Waals surface area (Å²) in [5, 5.41) is 3.00. The van der Waals surface area contributed by atoms with Gasteiger partial charge in [0.05, 0.1) is 11.5 Å². The molecular formula is C11H18N2O4S3. The van der Waals surface area contributed by atoms with Gasteiger partial charge in [-0.1, -0.05) is 0 Å². The Hall–Kier alpha value is -0.480. The number of hydrogen-bond acceptors (Lipinski definition) is 6. The van der Waals surface area contributed by atoms with E-state index in [0.717, 1.165) is 10.4 Å². The zero-order chi connectivity index (χ0) is 15.0. The minimum Gasteiger partial charge on any atom is -0.315 e. The molecule has 1 aromatic rings. The van der Waals surface area contributed by atoms with Crippen LogP contribution in [0, 0.1) is 6.92 Å². The summed E-state index contributed by atoms with van der Waals surface area (Å²) in [6.07, 6.45) is 0. The molecule has 0 bridgehead atoms. The van der Waals surface area contributed by atoms with Crippen LogP contribution in [0.3, 0.4) is 0 Å². The molecule has 114 valence electrons. The fraction of sp³-hybridized carbons (Fsp3) is 0.636. The maximum atomic E-state index is 12.5. The van der Waals surface area contributed by atoms with E-state index < -0.39 is 19.9 Å². The number of aryl methyl sites for hydroxylation is 1. The summed E-state index contributed by atoms with van der Waals surface area (Å²) in [4.78, 5) is 0.982. The van der Waals surface area contributed by atoms with E-state index in [4.69, 9.17) is 0 Å². The third-order valence-electron chi connectivity index (χ3n) is 3.23. The molecule has 1 aliphatic rings. The second-order valence-corrected chi connectivity index (χ2v) is 10.4. The Morgan fingerprint density at radius 3 is 2.50 bits per heavy atom. The molecule has 0 amide bonds. The van der Waals surface area contributed by atoms with E-state index in [-0.39, 0.29) is 24.6 Å². The second kappa shape index (κ2) is 5.72. The van der Waals surface area contributed by atoms with Crippen molar-refractivity contribution >= 4 is 31.2 Å². The fourth-order valence-electron chi connectivity index (χ4n) is 2.02. The third kappa shape index (κ3) is 3.22. The summed E-state index contributed by atoms with van der Waals surface area (Å²) in [5.41, 5.74) is 0.938. The minimum absolute atomic E-state index is 0.0446. The average molecular weight is 338 g/mol. The van der Waals surface area contributed by atoms with E-state index >= 15 is 0 Å². The van der Waals surface area contributed by atoms with E-state index in [0.29, 0.717) is 10.8 Å². The highest BCUT2D eigenvalue weighted by Gasteiger charge is 2.32. The number of thiophene rings is 1. The van der Waals surface area contributed by atoms with Gasteiger partial charge in [0.15, 0.2) is 9.84 Å². The lowest BCUT2D eigenvalue weighted by atomic mass is 10.3. The molecule has 1 fully saturated rings. The highest BCUT2D eigenvalue weighted by molar-refractivity contribution is 7.92. The van der Waals surface area contributed by atoms with E-state index in [1.807, 2.05) is 14.0 Å². The molecule has 0 aromatic carbocycles. The molecule has 2 heterocycles.